The van der Waals surface area contributed by atoms with Crippen molar-refractivity contribution in [2.75, 3.05) is 10.6 Å². The van der Waals surface area contributed by atoms with Crippen molar-refractivity contribution in [1.29, 1.82) is 0 Å². The Balaban J connectivity index is 1.65. The molecule has 1 aromatic carbocycles. The van der Waals surface area contributed by atoms with Crippen LogP contribution in [0.3, 0.4) is 0 Å². The van der Waals surface area contributed by atoms with Crippen LogP contribution in [0.15, 0.2) is 42.6 Å². The molecule has 1 aliphatic rings. The molecule has 26 heavy (non-hydrogen) atoms. The first-order valence-electron chi connectivity index (χ1n) is 9.56. The van der Waals surface area contributed by atoms with Crippen molar-refractivity contribution >= 4 is 17.3 Å². The minimum atomic E-state index is -0.180. The van der Waals surface area contributed by atoms with Gasteiger partial charge in [-0.1, -0.05) is 52.2 Å². The molecule has 3 rings (SSSR count). The summed E-state index contributed by atoms with van der Waals surface area (Å²) >= 11 is 0. The van der Waals surface area contributed by atoms with Crippen LogP contribution in [-0.4, -0.2) is 16.9 Å². The summed E-state index contributed by atoms with van der Waals surface area (Å²) in [6, 6.07) is 12.3. The molecule has 0 unspecified atom stereocenters. The van der Waals surface area contributed by atoms with Crippen molar-refractivity contribution in [1.82, 2.24) is 4.98 Å². The van der Waals surface area contributed by atoms with Gasteiger partial charge in [0, 0.05) is 23.6 Å². The third-order valence-corrected chi connectivity index (χ3v) is 4.98. The number of anilines is 2. The van der Waals surface area contributed by atoms with Crippen molar-refractivity contribution in [3.05, 3.63) is 53.9 Å². The zero-order valence-corrected chi connectivity index (χ0v) is 16.0. The van der Waals surface area contributed by atoms with Gasteiger partial charge in [-0.2, -0.15) is 0 Å². The maximum atomic E-state index is 12.5. The highest BCUT2D eigenvalue weighted by atomic mass is 16.1. The smallest absolute Gasteiger partial charge is 0.274 e. The van der Waals surface area contributed by atoms with E-state index < -0.39 is 0 Å². The molecule has 0 saturated heterocycles. The molecular formula is C22H29N3O. The Bertz CT molecular complexity index is 741. The van der Waals surface area contributed by atoms with Crippen LogP contribution in [-0.2, 0) is 5.41 Å². The summed E-state index contributed by atoms with van der Waals surface area (Å²) in [7, 11) is 0. The first-order valence-corrected chi connectivity index (χ1v) is 9.56. The van der Waals surface area contributed by atoms with E-state index in [1.54, 1.807) is 6.20 Å². The maximum absolute atomic E-state index is 12.5. The van der Waals surface area contributed by atoms with Crippen LogP contribution in [0.4, 0.5) is 11.4 Å². The van der Waals surface area contributed by atoms with Crippen LogP contribution >= 0.6 is 0 Å². The highest BCUT2D eigenvalue weighted by molar-refractivity contribution is 6.03. The van der Waals surface area contributed by atoms with Crippen LogP contribution in [0.5, 0.6) is 0 Å². The average molecular weight is 351 g/mol. The second-order valence-electron chi connectivity index (χ2n) is 8.19. The van der Waals surface area contributed by atoms with Crippen molar-refractivity contribution in [2.24, 2.45) is 0 Å². The summed E-state index contributed by atoms with van der Waals surface area (Å²) in [5, 5.41) is 6.48. The highest BCUT2D eigenvalue weighted by Crippen LogP contribution is 2.24. The fourth-order valence-corrected chi connectivity index (χ4v) is 3.38. The van der Waals surface area contributed by atoms with Gasteiger partial charge in [-0.05, 0) is 48.1 Å². The Morgan fingerprint density at radius 2 is 1.69 bits per heavy atom. The standard InChI is InChI=1S/C22H29N3O/c1-22(2,3)16-9-11-18(12-10-16)25-21(26)20-15-19(13-14-23-20)24-17-7-5-4-6-8-17/h9-15,17H,4-8H2,1-3H3,(H,23,24)(H,25,26). The van der Waals surface area contributed by atoms with Gasteiger partial charge in [-0.25, -0.2) is 0 Å². The largest absolute Gasteiger partial charge is 0.382 e. The van der Waals surface area contributed by atoms with Crippen LogP contribution < -0.4 is 10.6 Å². The normalized spacial score (nSPS) is 15.5. The van der Waals surface area contributed by atoms with Gasteiger partial charge >= 0.3 is 0 Å². The Kier molecular flexibility index (Phi) is 5.60. The Morgan fingerprint density at radius 3 is 2.35 bits per heavy atom. The lowest BCUT2D eigenvalue weighted by Gasteiger charge is -2.23. The summed E-state index contributed by atoms with van der Waals surface area (Å²) in [6.07, 6.45) is 7.98. The topological polar surface area (TPSA) is 54.0 Å². The van der Waals surface area contributed by atoms with E-state index in [1.165, 1.54) is 37.7 Å². The predicted molar refractivity (Wildman–Crippen MR) is 108 cm³/mol. The predicted octanol–water partition coefficient (Wildman–Crippen LogP) is 5.38. The number of rotatable bonds is 4. The molecule has 4 nitrogen and oxygen atoms in total. The number of amides is 1. The van der Waals surface area contributed by atoms with Crippen molar-refractivity contribution in [3.63, 3.8) is 0 Å². The molecule has 0 spiro atoms. The number of pyridine rings is 1. The summed E-state index contributed by atoms with van der Waals surface area (Å²) in [5.41, 5.74) is 3.54. The number of carbonyl (C=O) groups is 1. The van der Waals surface area contributed by atoms with Crippen LogP contribution in [0.1, 0.15) is 68.9 Å². The highest BCUT2D eigenvalue weighted by Gasteiger charge is 2.15. The third-order valence-electron chi connectivity index (χ3n) is 4.98. The van der Waals surface area contributed by atoms with E-state index >= 15 is 0 Å². The second kappa shape index (κ2) is 7.90. The molecule has 1 saturated carbocycles. The summed E-state index contributed by atoms with van der Waals surface area (Å²) in [6.45, 7) is 6.53. The molecule has 0 radical (unpaired) electrons. The van der Waals surface area contributed by atoms with E-state index in [0.717, 1.165) is 11.4 Å². The number of carbonyl (C=O) groups excluding carboxylic acids is 1. The summed E-state index contributed by atoms with van der Waals surface area (Å²) in [4.78, 5) is 16.8. The Morgan fingerprint density at radius 1 is 1.00 bits per heavy atom. The first kappa shape index (κ1) is 18.4. The molecule has 1 amide bonds. The number of nitrogens with zero attached hydrogens (tertiary/aromatic N) is 1. The first-order chi connectivity index (χ1) is 12.4. The number of hydrogen-bond donors (Lipinski definition) is 2. The van der Waals surface area contributed by atoms with E-state index in [0.29, 0.717) is 11.7 Å². The van der Waals surface area contributed by atoms with E-state index in [1.807, 2.05) is 24.3 Å². The fourth-order valence-electron chi connectivity index (χ4n) is 3.38. The molecule has 1 aliphatic carbocycles. The third kappa shape index (κ3) is 4.84. The molecule has 2 aromatic rings. The van der Waals surface area contributed by atoms with Crippen LogP contribution in [0.2, 0.25) is 0 Å². The molecule has 138 valence electrons. The van der Waals surface area contributed by atoms with Crippen LogP contribution in [0.25, 0.3) is 0 Å². The lowest BCUT2D eigenvalue weighted by molar-refractivity contribution is 0.102. The molecule has 0 aliphatic heterocycles. The fraction of sp³-hybridized carbons (Fsp3) is 0.455. The van der Waals surface area contributed by atoms with Gasteiger partial charge in [0.1, 0.15) is 5.69 Å². The van der Waals surface area contributed by atoms with Crippen molar-refractivity contribution < 1.29 is 4.79 Å². The molecule has 4 heteroatoms. The van der Waals surface area contributed by atoms with Crippen molar-refractivity contribution in [2.45, 2.75) is 64.3 Å². The Hall–Kier alpha value is -2.36. The lowest BCUT2D eigenvalue weighted by Crippen LogP contribution is -2.22. The van der Waals surface area contributed by atoms with Gasteiger partial charge in [0.15, 0.2) is 0 Å². The second-order valence-corrected chi connectivity index (χ2v) is 8.19. The molecular weight excluding hydrogens is 322 g/mol. The van der Waals surface area contributed by atoms with E-state index in [9.17, 15) is 4.79 Å². The van der Waals surface area contributed by atoms with Gasteiger partial charge in [0.2, 0.25) is 0 Å². The van der Waals surface area contributed by atoms with Gasteiger partial charge < -0.3 is 10.6 Å². The monoisotopic (exact) mass is 351 g/mol. The molecule has 1 fully saturated rings. The minimum Gasteiger partial charge on any atom is -0.382 e. The molecule has 1 heterocycles. The Labute approximate surface area is 156 Å². The molecule has 0 bridgehead atoms. The van der Waals surface area contributed by atoms with Gasteiger partial charge in [0.25, 0.3) is 5.91 Å². The van der Waals surface area contributed by atoms with E-state index in [4.69, 9.17) is 0 Å². The summed E-state index contributed by atoms with van der Waals surface area (Å²) < 4.78 is 0. The lowest BCUT2D eigenvalue weighted by atomic mass is 9.87. The maximum Gasteiger partial charge on any atom is 0.274 e. The zero-order valence-electron chi connectivity index (χ0n) is 16.0. The van der Waals surface area contributed by atoms with Crippen molar-refractivity contribution in [3.8, 4) is 0 Å². The van der Waals surface area contributed by atoms with Gasteiger partial charge in [-0.3, -0.25) is 9.78 Å². The minimum absolute atomic E-state index is 0.100. The molecule has 2 N–H and O–H groups in total. The van der Waals surface area contributed by atoms with E-state index in [2.05, 4.69) is 48.5 Å². The van der Waals surface area contributed by atoms with Gasteiger partial charge in [-0.15, -0.1) is 0 Å². The SMILES string of the molecule is CC(C)(C)c1ccc(NC(=O)c2cc(NC3CCCCC3)ccn2)cc1. The van der Waals surface area contributed by atoms with E-state index in [-0.39, 0.29) is 11.3 Å². The number of benzene rings is 1. The number of aromatic nitrogens is 1. The molecule has 1 aromatic heterocycles. The number of hydrogen-bond acceptors (Lipinski definition) is 3. The quantitative estimate of drug-likeness (QED) is 0.778. The number of nitrogens with one attached hydrogen (secondary N) is 2. The summed E-state index contributed by atoms with van der Waals surface area (Å²) in [5.74, 6) is -0.180. The average Bonchev–Trinajstić information content (AvgIpc) is 2.62. The van der Waals surface area contributed by atoms with Gasteiger partial charge in [0.05, 0.1) is 0 Å². The zero-order chi connectivity index (χ0) is 18.6. The molecule has 0 atom stereocenters. The van der Waals surface area contributed by atoms with Crippen LogP contribution in [0, 0.1) is 0 Å².